The molecule has 0 radical (unpaired) electrons. The Morgan fingerprint density at radius 3 is 3.00 bits per heavy atom. The Labute approximate surface area is 82.6 Å². The van der Waals surface area contributed by atoms with Crippen molar-refractivity contribution in [2.75, 3.05) is 18.9 Å². The standard InChI is InChI=1S/C9H15N3O2/c10-9-7(2-1-3-12-9)4-11-5-8(14)6-13/h1-3,8,11,13-14H,4-6H2,(H2,10,12)/t8-/m1/s1. The average molecular weight is 197 g/mol. The van der Waals surface area contributed by atoms with Crippen LogP contribution in [0.5, 0.6) is 0 Å². The van der Waals surface area contributed by atoms with E-state index in [-0.39, 0.29) is 6.61 Å². The fraction of sp³-hybridized carbons (Fsp3) is 0.444. The highest BCUT2D eigenvalue weighted by atomic mass is 16.3. The number of aromatic nitrogens is 1. The second-order valence-corrected chi connectivity index (χ2v) is 3.02. The third kappa shape index (κ3) is 3.29. The van der Waals surface area contributed by atoms with Gasteiger partial charge in [0.15, 0.2) is 0 Å². The van der Waals surface area contributed by atoms with E-state index in [9.17, 15) is 0 Å². The van der Waals surface area contributed by atoms with E-state index in [0.29, 0.717) is 18.9 Å². The number of hydrogen-bond donors (Lipinski definition) is 4. The highest BCUT2D eigenvalue weighted by Gasteiger charge is 2.02. The number of pyridine rings is 1. The first-order chi connectivity index (χ1) is 6.74. The molecule has 0 amide bonds. The molecule has 1 aromatic heterocycles. The van der Waals surface area contributed by atoms with Crippen LogP contribution in [0.1, 0.15) is 5.56 Å². The van der Waals surface area contributed by atoms with Crippen LogP contribution in [0.4, 0.5) is 5.82 Å². The second-order valence-electron chi connectivity index (χ2n) is 3.02. The molecule has 14 heavy (non-hydrogen) atoms. The summed E-state index contributed by atoms with van der Waals surface area (Å²) in [5.74, 6) is 0.485. The van der Waals surface area contributed by atoms with Gasteiger partial charge in [0, 0.05) is 24.8 Å². The van der Waals surface area contributed by atoms with Gasteiger partial charge < -0.3 is 21.3 Å². The van der Waals surface area contributed by atoms with E-state index in [1.165, 1.54) is 0 Å². The molecule has 0 saturated carbocycles. The van der Waals surface area contributed by atoms with Gasteiger partial charge in [-0.3, -0.25) is 0 Å². The molecule has 5 N–H and O–H groups in total. The summed E-state index contributed by atoms with van der Waals surface area (Å²) in [5, 5.41) is 20.6. The van der Waals surface area contributed by atoms with Gasteiger partial charge in [0.25, 0.3) is 0 Å². The number of nitrogens with one attached hydrogen (secondary N) is 1. The molecular formula is C9H15N3O2. The molecule has 0 bridgehead atoms. The van der Waals surface area contributed by atoms with Crippen LogP contribution in [-0.4, -0.2) is 34.5 Å². The van der Waals surface area contributed by atoms with Crippen LogP contribution in [0.2, 0.25) is 0 Å². The van der Waals surface area contributed by atoms with E-state index >= 15 is 0 Å². The van der Waals surface area contributed by atoms with Crippen molar-refractivity contribution >= 4 is 5.82 Å². The number of aliphatic hydroxyl groups excluding tert-OH is 2. The van der Waals surface area contributed by atoms with Crippen molar-refractivity contribution in [3.05, 3.63) is 23.9 Å². The monoisotopic (exact) mass is 197 g/mol. The van der Waals surface area contributed by atoms with Gasteiger partial charge in [0.2, 0.25) is 0 Å². The summed E-state index contributed by atoms with van der Waals surface area (Å²) in [6.45, 7) is 0.636. The number of nitrogens with two attached hydrogens (primary N) is 1. The number of aliphatic hydroxyl groups is 2. The van der Waals surface area contributed by atoms with E-state index in [4.69, 9.17) is 15.9 Å². The zero-order valence-electron chi connectivity index (χ0n) is 7.85. The van der Waals surface area contributed by atoms with Crippen LogP contribution in [0.3, 0.4) is 0 Å². The molecule has 78 valence electrons. The highest BCUT2D eigenvalue weighted by Crippen LogP contribution is 2.05. The van der Waals surface area contributed by atoms with Gasteiger partial charge >= 0.3 is 0 Å². The van der Waals surface area contributed by atoms with E-state index < -0.39 is 6.10 Å². The lowest BCUT2D eigenvalue weighted by atomic mass is 10.2. The minimum atomic E-state index is -0.729. The zero-order valence-corrected chi connectivity index (χ0v) is 7.85. The van der Waals surface area contributed by atoms with Crippen LogP contribution in [0.25, 0.3) is 0 Å². The number of nitrogens with zero attached hydrogens (tertiary/aromatic N) is 1. The van der Waals surface area contributed by atoms with E-state index in [0.717, 1.165) is 5.56 Å². The SMILES string of the molecule is Nc1ncccc1CNC[C@@H](O)CO. The Kier molecular flexibility index (Phi) is 4.31. The Hall–Kier alpha value is -1.17. The predicted molar refractivity (Wildman–Crippen MR) is 53.4 cm³/mol. The van der Waals surface area contributed by atoms with Gasteiger partial charge in [-0.2, -0.15) is 0 Å². The summed E-state index contributed by atoms with van der Waals surface area (Å²) >= 11 is 0. The van der Waals surface area contributed by atoms with Crippen LogP contribution >= 0.6 is 0 Å². The smallest absolute Gasteiger partial charge is 0.127 e. The number of anilines is 1. The van der Waals surface area contributed by atoms with Crippen molar-refractivity contribution < 1.29 is 10.2 Å². The molecule has 0 spiro atoms. The van der Waals surface area contributed by atoms with Gasteiger partial charge in [0.1, 0.15) is 5.82 Å². The number of nitrogen functional groups attached to an aromatic ring is 1. The largest absolute Gasteiger partial charge is 0.394 e. The molecule has 1 aromatic rings. The first-order valence-corrected chi connectivity index (χ1v) is 4.43. The normalized spacial score (nSPS) is 12.7. The Bertz CT molecular complexity index is 281. The Morgan fingerprint density at radius 2 is 2.36 bits per heavy atom. The van der Waals surface area contributed by atoms with E-state index in [1.54, 1.807) is 12.3 Å². The lowest BCUT2D eigenvalue weighted by Gasteiger charge is -2.09. The summed E-state index contributed by atoms with van der Waals surface area (Å²) in [6, 6.07) is 3.66. The minimum absolute atomic E-state index is 0.241. The molecule has 5 heteroatoms. The molecule has 0 fully saturated rings. The maximum atomic E-state index is 9.05. The van der Waals surface area contributed by atoms with Gasteiger partial charge in [0.05, 0.1) is 12.7 Å². The quantitative estimate of drug-likeness (QED) is 0.491. The third-order valence-electron chi connectivity index (χ3n) is 1.83. The van der Waals surface area contributed by atoms with Crippen LogP contribution in [0.15, 0.2) is 18.3 Å². The molecule has 0 aliphatic rings. The summed E-state index contributed by atoms with van der Waals surface area (Å²) < 4.78 is 0. The van der Waals surface area contributed by atoms with Crippen LogP contribution in [-0.2, 0) is 6.54 Å². The first-order valence-electron chi connectivity index (χ1n) is 4.43. The summed E-state index contributed by atoms with van der Waals surface area (Å²) in [4.78, 5) is 3.92. The maximum absolute atomic E-state index is 9.05. The lowest BCUT2D eigenvalue weighted by Crippen LogP contribution is -2.29. The Morgan fingerprint density at radius 1 is 1.57 bits per heavy atom. The van der Waals surface area contributed by atoms with E-state index in [2.05, 4.69) is 10.3 Å². The van der Waals surface area contributed by atoms with Crippen LogP contribution < -0.4 is 11.1 Å². The summed E-state index contributed by atoms with van der Waals surface area (Å²) in [6.07, 6.45) is 0.898. The molecule has 1 atom stereocenters. The minimum Gasteiger partial charge on any atom is -0.394 e. The average Bonchev–Trinajstić information content (AvgIpc) is 2.20. The van der Waals surface area contributed by atoms with Crippen molar-refractivity contribution in [3.63, 3.8) is 0 Å². The van der Waals surface area contributed by atoms with Crippen LogP contribution in [0, 0.1) is 0 Å². The number of rotatable bonds is 5. The van der Waals surface area contributed by atoms with Gasteiger partial charge in [-0.05, 0) is 6.07 Å². The molecular weight excluding hydrogens is 182 g/mol. The molecule has 0 saturated heterocycles. The Balaban J connectivity index is 2.35. The topological polar surface area (TPSA) is 91.4 Å². The van der Waals surface area contributed by atoms with Crippen molar-refractivity contribution in [3.8, 4) is 0 Å². The molecule has 0 aromatic carbocycles. The second kappa shape index (κ2) is 5.54. The molecule has 1 heterocycles. The van der Waals surface area contributed by atoms with Crippen molar-refractivity contribution in [1.82, 2.24) is 10.3 Å². The highest BCUT2D eigenvalue weighted by molar-refractivity contribution is 5.38. The third-order valence-corrected chi connectivity index (χ3v) is 1.83. The molecule has 0 unspecified atom stereocenters. The predicted octanol–water partition coefficient (Wildman–Crippen LogP) is -0.893. The van der Waals surface area contributed by atoms with Gasteiger partial charge in [-0.1, -0.05) is 6.07 Å². The number of hydrogen-bond acceptors (Lipinski definition) is 5. The van der Waals surface area contributed by atoms with Gasteiger partial charge in [-0.25, -0.2) is 4.98 Å². The maximum Gasteiger partial charge on any atom is 0.127 e. The molecule has 0 aliphatic carbocycles. The molecule has 1 rings (SSSR count). The van der Waals surface area contributed by atoms with E-state index in [1.807, 2.05) is 6.07 Å². The van der Waals surface area contributed by atoms with Crippen molar-refractivity contribution in [2.24, 2.45) is 0 Å². The molecule has 5 nitrogen and oxygen atoms in total. The van der Waals surface area contributed by atoms with Crippen molar-refractivity contribution in [2.45, 2.75) is 12.6 Å². The zero-order chi connectivity index (χ0) is 10.4. The van der Waals surface area contributed by atoms with Crippen molar-refractivity contribution in [1.29, 1.82) is 0 Å². The fourth-order valence-corrected chi connectivity index (χ4v) is 1.04. The lowest BCUT2D eigenvalue weighted by molar-refractivity contribution is 0.0942. The summed E-state index contributed by atoms with van der Waals surface area (Å²) in [5.41, 5.74) is 6.49. The summed E-state index contributed by atoms with van der Waals surface area (Å²) in [7, 11) is 0. The first kappa shape index (κ1) is 10.9. The van der Waals surface area contributed by atoms with Gasteiger partial charge in [-0.15, -0.1) is 0 Å². The molecule has 0 aliphatic heterocycles. The fourth-order valence-electron chi connectivity index (χ4n) is 1.04.